The van der Waals surface area contributed by atoms with E-state index in [-0.39, 0.29) is 5.54 Å². The van der Waals surface area contributed by atoms with Crippen LogP contribution in [0.4, 0.5) is 0 Å². The van der Waals surface area contributed by atoms with E-state index in [0.29, 0.717) is 0 Å². The fraction of sp³-hybridized carbons (Fsp3) is 1.00. The van der Waals surface area contributed by atoms with E-state index in [1.807, 2.05) is 0 Å². The molecule has 0 saturated carbocycles. The minimum absolute atomic E-state index is 0.254. The molecule has 0 radical (unpaired) electrons. The summed E-state index contributed by atoms with van der Waals surface area (Å²) in [5, 5.41) is 3.59. The standard InChI is InChI=1S/C12H26N2O/c1-12(2,3)13-9-11-5-7-14(8-6-11)10-15-4/h11,13H,5-10H2,1-4H3. The van der Waals surface area contributed by atoms with Gasteiger partial charge in [-0.1, -0.05) is 0 Å². The van der Waals surface area contributed by atoms with Crippen LogP contribution < -0.4 is 5.32 Å². The molecule has 0 amide bonds. The number of hydrogen-bond acceptors (Lipinski definition) is 3. The number of rotatable bonds is 4. The van der Waals surface area contributed by atoms with Crippen LogP contribution in [0, 0.1) is 5.92 Å². The van der Waals surface area contributed by atoms with Gasteiger partial charge in [-0.05, 0) is 46.1 Å². The zero-order valence-corrected chi connectivity index (χ0v) is 10.7. The second-order valence-corrected chi connectivity index (χ2v) is 5.61. The van der Waals surface area contributed by atoms with E-state index in [1.54, 1.807) is 7.11 Å². The summed E-state index contributed by atoms with van der Waals surface area (Å²) in [5.74, 6) is 0.845. The van der Waals surface area contributed by atoms with Gasteiger partial charge in [0.25, 0.3) is 0 Å². The van der Waals surface area contributed by atoms with Crippen molar-refractivity contribution in [2.75, 3.05) is 33.5 Å². The minimum atomic E-state index is 0.254. The molecule has 90 valence electrons. The Labute approximate surface area is 94.2 Å². The van der Waals surface area contributed by atoms with Gasteiger partial charge in [-0.2, -0.15) is 0 Å². The van der Waals surface area contributed by atoms with E-state index >= 15 is 0 Å². The van der Waals surface area contributed by atoms with Gasteiger partial charge in [0.15, 0.2) is 0 Å². The van der Waals surface area contributed by atoms with Crippen LogP contribution in [0.2, 0.25) is 0 Å². The van der Waals surface area contributed by atoms with Crippen LogP contribution in [-0.4, -0.2) is 43.9 Å². The molecule has 0 spiro atoms. The van der Waals surface area contributed by atoms with Crippen LogP contribution >= 0.6 is 0 Å². The first-order valence-corrected chi connectivity index (χ1v) is 5.97. The van der Waals surface area contributed by atoms with Gasteiger partial charge in [0.2, 0.25) is 0 Å². The highest BCUT2D eigenvalue weighted by Crippen LogP contribution is 2.16. The molecule has 0 aromatic carbocycles. The number of hydrogen-bond donors (Lipinski definition) is 1. The molecule has 1 aliphatic rings. The van der Waals surface area contributed by atoms with Crippen molar-refractivity contribution in [1.29, 1.82) is 0 Å². The normalized spacial score (nSPS) is 20.8. The van der Waals surface area contributed by atoms with Gasteiger partial charge in [0.05, 0.1) is 6.73 Å². The lowest BCUT2D eigenvalue weighted by atomic mass is 9.96. The number of nitrogens with one attached hydrogen (secondary N) is 1. The average molecular weight is 214 g/mol. The zero-order chi connectivity index (χ0) is 11.3. The number of piperidine rings is 1. The van der Waals surface area contributed by atoms with E-state index in [2.05, 4.69) is 31.0 Å². The molecule has 0 aromatic rings. The SMILES string of the molecule is COCN1CCC(CNC(C)(C)C)CC1. The largest absolute Gasteiger partial charge is 0.369 e. The second kappa shape index (κ2) is 5.83. The molecule has 1 saturated heterocycles. The van der Waals surface area contributed by atoms with Crippen molar-refractivity contribution in [3.05, 3.63) is 0 Å². The highest BCUT2D eigenvalue weighted by molar-refractivity contribution is 4.77. The van der Waals surface area contributed by atoms with E-state index in [9.17, 15) is 0 Å². The summed E-state index contributed by atoms with van der Waals surface area (Å²) in [5.41, 5.74) is 0.254. The molecule has 15 heavy (non-hydrogen) atoms. The van der Waals surface area contributed by atoms with E-state index in [4.69, 9.17) is 4.74 Å². The molecular weight excluding hydrogens is 188 g/mol. The highest BCUT2D eigenvalue weighted by atomic mass is 16.5. The number of likely N-dealkylation sites (tertiary alicyclic amines) is 1. The van der Waals surface area contributed by atoms with Crippen molar-refractivity contribution in [2.45, 2.75) is 39.2 Å². The smallest absolute Gasteiger partial charge is 0.0986 e. The van der Waals surface area contributed by atoms with Crippen LogP contribution in [0.3, 0.4) is 0 Å². The van der Waals surface area contributed by atoms with Crippen molar-refractivity contribution in [2.24, 2.45) is 5.92 Å². The Morgan fingerprint density at radius 1 is 1.27 bits per heavy atom. The van der Waals surface area contributed by atoms with Crippen molar-refractivity contribution in [1.82, 2.24) is 10.2 Å². The van der Waals surface area contributed by atoms with Crippen LogP contribution in [0.1, 0.15) is 33.6 Å². The molecule has 0 bridgehead atoms. The van der Waals surface area contributed by atoms with E-state index in [1.165, 1.54) is 25.9 Å². The third-order valence-electron chi connectivity index (χ3n) is 2.94. The Bertz CT molecular complexity index is 169. The lowest BCUT2D eigenvalue weighted by molar-refractivity contribution is 0.0388. The molecule has 1 fully saturated rings. The van der Waals surface area contributed by atoms with Gasteiger partial charge < -0.3 is 10.1 Å². The molecule has 3 nitrogen and oxygen atoms in total. The molecule has 1 rings (SSSR count). The molecule has 0 unspecified atom stereocenters. The van der Waals surface area contributed by atoms with Crippen LogP contribution in [0.15, 0.2) is 0 Å². The average Bonchev–Trinajstić information content (AvgIpc) is 2.16. The third kappa shape index (κ3) is 5.50. The van der Waals surface area contributed by atoms with Gasteiger partial charge in [-0.3, -0.25) is 4.90 Å². The van der Waals surface area contributed by atoms with E-state index < -0.39 is 0 Å². The maximum atomic E-state index is 5.14. The summed E-state index contributed by atoms with van der Waals surface area (Å²) in [7, 11) is 1.77. The van der Waals surface area contributed by atoms with Crippen LogP contribution in [0.25, 0.3) is 0 Å². The molecule has 1 N–H and O–H groups in total. The Morgan fingerprint density at radius 3 is 2.33 bits per heavy atom. The zero-order valence-electron chi connectivity index (χ0n) is 10.7. The molecule has 1 heterocycles. The van der Waals surface area contributed by atoms with Gasteiger partial charge in [0, 0.05) is 25.7 Å². The lowest BCUT2D eigenvalue weighted by Crippen LogP contribution is -2.43. The Kier molecular flexibility index (Phi) is 5.03. The van der Waals surface area contributed by atoms with Gasteiger partial charge >= 0.3 is 0 Å². The van der Waals surface area contributed by atoms with Crippen molar-refractivity contribution >= 4 is 0 Å². The maximum Gasteiger partial charge on any atom is 0.0986 e. The first-order chi connectivity index (χ1) is 7.01. The molecular formula is C12H26N2O. The minimum Gasteiger partial charge on any atom is -0.369 e. The summed E-state index contributed by atoms with van der Waals surface area (Å²) in [6, 6.07) is 0. The van der Waals surface area contributed by atoms with Gasteiger partial charge in [-0.15, -0.1) is 0 Å². The number of nitrogens with zero attached hydrogens (tertiary/aromatic N) is 1. The quantitative estimate of drug-likeness (QED) is 0.771. The lowest BCUT2D eigenvalue weighted by Gasteiger charge is -2.33. The fourth-order valence-corrected chi connectivity index (χ4v) is 1.95. The number of methoxy groups -OCH3 is 1. The number of ether oxygens (including phenoxy) is 1. The van der Waals surface area contributed by atoms with Gasteiger partial charge in [0.1, 0.15) is 0 Å². The molecule has 1 aliphatic heterocycles. The molecule has 0 aliphatic carbocycles. The van der Waals surface area contributed by atoms with Crippen molar-refractivity contribution in [3.63, 3.8) is 0 Å². The Hall–Kier alpha value is -0.120. The summed E-state index contributed by atoms with van der Waals surface area (Å²) in [6.45, 7) is 11.0. The predicted molar refractivity (Wildman–Crippen MR) is 63.9 cm³/mol. The topological polar surface area (TPSA) is 24.5 Å². The fourth-order valence-electron chi connectivity index (χ4n) is 1.95. The summed E-state index contributed by atoms with van der Waals surface area (Å²) >= 11 is 0. The third-order valence-corrected chi connectivity index (χ3v) is 2.94. The monoisotopic (exact) mass is 214 g/mol. The van der Waals surface area contributed by atoms with Crippen molar-refractivity contribution in [3.8, 4) is 0 Å². The second-order valence-electron chi connectivity index (χ2n) is 5.61. The maximum absolute atomic E-state index is 5.14. The first-order valence-electron chi connectivity index (χ1n) is 5.97. The summed E-state index contributed by atoms with van der Waals surface area (Å²) in [4.78, 5) is 2.38. The van der Waals surface area contributed by atoms with Crippen molar-refractivity contribution < 1.29 is 4.74 Å². The Morgan fingerprint density at radius 2 is 1.87 bits per heavy atom. The Balaban J connectivity index is 2.15. The molecule has 0 aromatic heterocycles. The summed E-state index contributed by atoms with van der Waals surface area (Å²) in [6.07, 6.45) is 2.60. The van der Waals surface area contributed by atoms with E-state index in [0.717, 1.165) is 19.2 Å². The molecule has 0 atom stereocenters. The van der Waals surface area contributed by atoms with Crippen LogP contribution in [0.5, 0.6) is 0 Å². The predicted octanol–water partition coefficient (Wildman–Crippen LogP) is 1.69. The highest BCUT2D eigenvalue weighted by Gasteiger charge is 2.20. The van der Waals surface area contributed by atoms with Gasteiger partial charge in [-0.25, -0.2) is 0 Å². The first kappa shape index (κ1) is 12.9. The summed E-state index contributed by atoms with van der Waals surface area (Å²) < 4.78 is 5.14. The molecule has 3 heteroatoms. The van der Waals surface area contributed by atoms with Crippen LogP contribution in [-0.2, 0) is 4.74 Å².